The van der Waals surface area contributed by atoms with E-state index in [1.165, 1.54) is 49.9 Å². The number of hydrogen-bond donors (Lipinski definition) is 2. The summed E-state index contributed by atoms with van der Waals surface area (Å²) in [6, 6.07) is 7.44. The highest BCUT2D eigenvalue weighted by Crippen LogP contribution is 2.23. The van der Waals surface area contributed by atoms with E-state index in [4.69, 9.17) is 0 Å². The fourth-order valence-corrected chi connectivity index (χ4v) is 4.45. The number of nitrogens with zero attached hydrogens (tertiary/aromatic N) is 3. The first-order chi connectivity index (χ1) is 20.8. The lowest BCUT2D eigenvalue weighted by atomic mass is 9.96. The predicted molar refractivity (Wildman–Crippen MR) is 191 cm³/mol. The average Bonchev–Trinajstić information content (AvgIpc) is 3.68. The maximum atomic E-state index is 12.2. The summed E-state index contributed by atoms with van der Waals surface area (Å²) in [4.78, 5) is 33.2. The SMILES string of the molecule is CC.CCC.CCC(C)CCCC(C)CC.Cc1cccc(-c2csc(NC(=O)CNC(=O)c3ccn(C(C)(C)C)c3)n2)n1. The summed E-state index contributed by atoms with van der Waals surface area (Å²) in [5.74, 6) is 1.27. The number of carbonyl (C=O) groups is 2. The number of nitrogens with one attached hydrogen (secondary N) is 2. The van der Waals surface area contributed by atoms with Crippen molar-refractivity contribution in [1.29, 1.82) is 0 Å². The summed E-state index contributed by atoms with van der Waals surface area (Å²) in [6.07, 6.45) is 11.9. The molecule has 0 saturated carbocycles. The number of carbonyl (C=O) groups excluding carboxylic acids is 2. The van der Waals surface area contributed by atoms with Gasteiger partial charge >= 0.3 is 0 Å². The molecule has 3 heterocycles. The Hall–Kier alpha value is -3.00. The molecule has 0 bridgehead atoms. The standard InChI is InChI=1S/C20H23N5O2S.C11H24.C3H8.C2H6/c1-13-6-5-7-15(22-13)16-12-28-19(23-16)24-17(26)10-21-18(27)14-8-9-25(11-14)20(2,3)4;1-5-10(3)8-7-9-11(4)6-2;1-3-2;1-2/h5-9,11-12H,10H2,1-4H3,(H,21,27)(H,23,24,26);10-11H,5-9H2,1-4H3;3H2,1-2H3;1-2H3. The molecule has 0 fully saturated rings. The molecule has 248 valence electrons. The Bertz CT molecular complexity index is 1190. The van der Waals surface area contributed by atoms with Crippen molar-refractivity contribution in [2.45, 2.75) is 127 Å². The molecular weight excluding hydrogens is 566 g/mol. The van der Waals surface area contributed by atoms with E-state index in [9.17, 15) is 9.59 Å². The Morgan fingerprint density at radius 2 is 1.52 bits per heavy atom. The van der Waals surface area contributed by atoms with Gasteiger partial charge in [-0.3, -0.25) is 14.6 Å². The molecule has 0 radical (unpaired) electrons. The molecule has 2 unspecified atom stereocenters. The highest BCUT2D eigenvalue weighted by atomic mass is 32.1. The molecule has 0 spiro atoms. The van der Waals surface area contributed by atoms with Crippen LogP contribution in [-0.2, 0) is 10.3 Å². The van der Waals surface area contributed by atoms with Crippen LogP contribution in [0.2, 0.25) is 0 Å². The van der Waals surface area contributed by atoms with E-state index in [0.717, 1.165) is 23.2 Å². The molecule has 7 nitrogen and oxygen atoms in total. The van der Waals surface area contributed by atoms with E-state index in [1.807, 2.05) is 55.1 Å². The van der Waals surface area contributed by atoms with Crippen LogP contribution in [0.25, 0.3) is 11.4 Å². The molecule has 8 heteroatoms. The van der Waals surface area contributed by atoms with Crippen LogP contribution >= 0.6 is 11.3 Å². The number of amides is 2. The summed E-state index contributed by atoms with van der Waals surface area (Å²) in [6.45, 7) is 25.5. The Kier molecular flexibility index (Phi) is 21.0. The maximum absolute atomic E-state index is 12.2. The van der Waals surface area contributed by atoms with E-state index in [-0.39, 0.29) is 23.9 Å². The number of aromatic nitrogens is 3. The fourth-order valence-electron chi connectivity index (χ4n) is 3.73. The van der Waals surface area contributed by atoms with E-state index in [0.29, 0.717) is 16.4 Å². The van der Waals surface area contributed by atoms with Crippen LogP contribution in [-0.4, -0.2) is 32.9 Å². The Labute approximate surface area is 272 Å². The van der Waals surface area contributed by atoms with Gasteiger partial charge in [0.1, 0.15) is 5.69 Å². The number of thiazole rings is 1. The Morgan fingerprint density at radius 1 is 0.932 bits per heavy atom. The van der Waals surface area contributed by atoms with Gasteiger partial charge < -0.3 is 15.2 Å². The first-order valence-electron chi connectivity index (χ1n) is 16.5. The molecule has 0 aromatic carbocycles. The summed E-state index contributed by atoms with van der Waals surface area (Å²) < 4.78 is 1.96. The molecule has 2 amide bonds. The van der Waals surface area contributed by atoms with Gasteiger partial charge in [-0.25, -0.2) is 4.98 Å². The summed E-state index contributed by atoms with van der Waals surface area (Å²) in [5.41, 5.74) is 2.78. The summed E-state index contributed by atoms with van der Waals surface area (Å²) in [7, 11) is 0. The zero-order valence-corrected chi connectivity index (χ0v) is 30.5. The highest BCUT2D eigenvalue weighted by molar-refractivity contribution is 7.14. The molecule has 0 aliphatic rings. The first-order valence-corrected chi connectivity index (χ1v) is 17.4. The van der Waals surface area contributed by atoms with Gasteiger partial charge in [-0.1, -0.05) is 100.0 Å². The van der Waals surface area contributed by atoms with Crippen LogP contribution in [0.1, 0.15) is 131 Å². The minimum Gasteiger partial charge on any atom is -0.348 e. The second kappa shape index (κ2) is 22.5. The first kappa shape index (κ1) is 41.0. The van der Waals surface area contributed by atoms with Gasteiger partial charge in [-0.15, -0.1) is 11.3 Å². The van der Waals surface area contributed by atoms with Crippen LogP contribution < -0.4 is 10.6 Å². The van der Waals surface area contributed by atoms with Crippen molar-refractivity contribution in [3.05, 3.63) is 53.3 Å². The van der Waals surface area contributed by atoms with Crippen molar-refractivity contribution in [3.63, 3.8) is 0 Å². The lowest BCUT2D eigenvalue weighted by Gasteiger charge is -2.20. The lowest BCUT2D eigenvalue weighted by molar-refractivity contribution is -0.115. The molecule has 0 saturated heterocycles. The minimum absolute atomic E-state index is 0.107. The third-order valence-electron chi connectivity index (χ3n) is 6.83. The van der Waals surface area contributed by atoms with Gasteiger partial charge in [0.2, 0.25) is 5.91 Å². The molecule has 44 heavy (non-hydrogen) atoms. The number of pyridine rings is 1. The van der Waals surface area contributed by atoms with Crippen molar-refractivity contribution < 1.29 is 9.59 Å². The molecule has 3 aromatic rings. The monoisotopic (exact) mass is 627 g/mol. The van der Waals surface area contributed by atoms with E-state index >= 15 is 0 Å². The zero-order valence-electron chi connectivity index (χ0n) is 29.7. The maximum Gasteiger partial charge on any atom is 0.253 e. The molecule has 2 atom stereocenters. The van der Waals surface area contributed by atoms with Crippen LogP contribution in [0.4, 0.5) is 5.13 Å². The van der Waals surface area contributed by atoms with Crippen LogP contribution in [0.5, 0.6) is 0 Å². The van der Waals surface area contributed by atoms with Gasteiger partial charge in [0.05, 0.1) is 17.8 Å². The Morgan fingerprint density at radius 3 is 2.02 bits per heavy atom. The molecule has 0 aliphatic heterocycles. The number of rotatable bonds is 11. The molecule has 3 aromatic heterocycles. The van der Waals surface area contributed by atoms with Crippen molar-refractivity contribution in [3.8, 4) is 11.4 Å². The predicted octanol–water partition coefficient (Wildman–Crippen LogP) is 10.1. The number of anilines is 1. The second-order valence-corrected chi connectivity index (χ2v) is 12.9. The Balaban J connectivity index is 0.000000968. The van der Waals surface area contributed by atoms with Crippen LogP contribution in [0, 0.1) is 18.8 Å². The molecule has 0 aliphatic carbocycles. The normalized spacial score (nSPS) is 11.8. The van der Waals surface area contributed by atoms with Crippen LogP contribution in [0.15, 0.2) is 42.0 Å². The van der Waals surface area contributed by atoms with Crippen molar-refractivity contribution in [2.75, 3.05) is 11.9 Å². The number of aryl methyl sites for hydroxylation is 1. The number of hydrogen-bond acceptors (Lipinski definition) is 5. The zero-order chi connectivity index (χ0) is 33.7. The molecule has 3 rings (SSSR count). The smallest absolute Gasteiger partial charge is 0.253 e. The van der Waals surface area contributed by atoms with Gasteiger partial charge in [0.25, 0.3) is 5.91 Å². The van der Waals surface area contributed by atoms with Crippen molar-refractivity contribution in [1.82, 2.24) is 19.9 Å². The van der Waals surface area contributed by atoms with Gasteiger partial charge in [0, 0.05) is 29.0 Å². The van der Waals surface area contributed by atoms with Gasteiger partial charge in [0.15, 0.2) is 5.13 Å². The quantitative estimate of drug-likeness (QED) is 0.221. The van der Waals surface area contributed by atoms with Crippen molar-refractivity contribution >= 4 is 28.3 Å². The largest absolute Gasteiger partial charge is 0.348 e. The van der Waals surface area contributed by atoms with Gasteiger partial charge in [-0.05, 0) is 57.7 Å². The van der Waals surface area contributed by atoms with Crippen molar-refractivity contribution in [2.24, 2.45) is 11.8 Å². The van der Waals surface area contributed by atoms with Gasteiger partial charge in [-0.2, -0.15) is 0 Å². The average molecular weight is 628 g/mol. The fraction of sp³-hybridized carbons (Fsp3) is 0.611. The minimum atomic E-state index is -0.332. The molecule has 2 N–H and O–H groups in total. The third kappa shape index (κ3) is 16.7. The van der Waals surface area contributed by atoms with E-state index in [2.05, 4.69) is 82.9 Å². The lowest BCUT2D eigenvalue weighted by Crippen LogP contribution is -2.32. The molecular formula is C36H61N5O2S. The summed E-state index contributed by atoms with van der Waals surface area (Å²) in [5, 5.41) is 7.64. The van der Waals surface area contributed by atoms with E-state index < -0.39 is 0 Å². The third-order valence-corrected chi connectivity index (χ3v) is 7.59. The summed E-state index contributed by atoms with van der Waals surface area (Å²) >= 11 is 1.32. The van der Waals surface area contributed by atoms with E-state index in [1.54, 1.807) is 12.3 Å². The second-order valence-electron chi connectivity index (χ2n) is 12.1. The topological polar surface area (TPSA) is 88.9 Å². The highest BCUT2D eigenvalue weighted by Gasteiger charge is 2.16. The van der Waals surface area contributed by atoms with Crippen LogP contribution in [0.3, 0.4) is 0 Å².